The summed E-state index contributed by atoms with van der Waals surface area (Å²) in [5.74, 6) is -0.445. The lowest BCUT2D eigenvalue weighted by Crippen LogP contribution is -2.30. The highest BCUT2D eigenvalue weighted by atomic mass is 35.5. The SMILES string of the molecule is CCCOC(=O)C(CC)n1cc(Cl)cc(Cl)c1=O. The molecular weight excluding hydrogens is 277 g/mol. The maximum atomic E-state index is 11.9. The molecule has 0 amide bonds. The molecular formula is C12H15Cl2NO3. The van der Waals surface area contributed by atoms with Gasteiger partial charge in [0.1, 0.15) is 11.1 Å². The lowest BCUT2D eigenvalue weighted by molar-refractivity contribution is -0.147. The van der Waals surface area contributed by atoms with Crippen LogP contribution in [0.1, 0.15) is 32.7 Å². The Morgan fingerprint density at radius 2 is 2.11 bits per heavy atom. The van der Waals surface area contributed by atoms with Crippen molar-refractivity contribution in [3.8, 4) is 0 Å². The average molecular weight is 292 g/mol. The Morgan fingerprint density at radius 1 is 1.44 bits per heavy atom. The Kier molecular flexibility index (Phi) is 5.69. The molecule has 0 aliphatic heterocycles. The van der Waals surface area contributed by atoms with Gasteiger partial charge in [-0.3, -0.25) is 9.36 Å². The highest BCUT2D eigenvalue weighted by Crippen LogP contribution is 2.17. The van der Waals surface area contributed by atoms with Gasteiger partial charge >= 0.3 is 5.97 Å². The van der Waals surface area contributed by atoms with E-state index in [9.17, 15) is 9.59 Å². The van der Waals surface area contributed by atoms with E-state index in [1.165, 1.54) is 16.8 Å². The molecule has 0 saturated heterocycles. The maximum absolute atomic E-state index is 11.9. The van der Waals surface area contributed by atoms with E-state index < -0.39 is 17.6 Å². The van der Waals surface area contributed by atoms with Crippen molar-refractivity contribution in [1.29, 1.82) is 0 Å². The minimum atomic E-state index is -0.694. The van der Waals surface area contributed by atoms with Crippen molar-refractivity contribution in [2.75, 3.05) is 6.61 Å². The number of esters is 1. The van der Waals surface area contributed by atoms with Crippen LogP contribution in [0.2, 0.25) is 10.0 Å². The number of ether oxygens (including phenoxy) is 1. The van der Waals surface area contributed by atoms with Crippen molar-refractivity contribution in [3.05, 3.63) is 32.7 Å². The minimum absolute atomic E-state index is 0.00996. The number of hydrogen-bond acceptors (Lipinski definition) is 3. The van der Waals surface area contributed by atoms with Crippen LogP contribution < -0.4 is 5.56 Å². The van der Waals surface area contributed by atoms with Gasteiger partial charge in [0.25, 0.3) is 5.56 Å². The molecule has 1 atom stereocenters. The summed E-state index contributed by atoms with van der Waals surface area (Å²) in [7, 11) is 0. The molecule has 0 aliphatic carbocycles. The standard InChI is InChI=1S/C12H15Cl2NO3/c1-3-5-18-12(17)10(4-2)15-7-8(13)6-9(14)11(15)16/h6-7,10H,3-5H2,1-2H3. The largest absolute Gasteiger partial charge is 0.464 e. The fraction of sp³-hybridized carbons (Fsp3) is 0.500. The van der Waals surface area contributed by atoms with Crippen LogP contribution in [-0.2, 0) is 9.53 Å². The average Bonchev–Trinajstić information content (AvgIpc) is 2.33. The molecule has 6 heteroatoms. The summed E-state index contributed by atoms with van der Waals surface area (Å²) in [6.07, 6.45) is 2.56. The van der Waals surface area contributed by atoms with Crippen molar-refractivity contribution >= 4 is 29.2 Å². The molecule has 0 aliphatic rings. The molecule has 100 valence electrons. The first-order chi connectivity index (χ1) is 8.51. The second-order valence-electron chi connectivity index (χ2n) is 3.81. The summed E-state index contributed by atoms with van der Waals surface area (Å²) in [4.78, 5) is 23.7. The first-order valence-corrected chi connectivity index (χ1v) is 6.50. The van der Waals surface area contributed by atoms with E-state index in [4.69, 9.17) is 27.9 Å². The van der Waals surface area contributed by atoms with Crippen molar-refractivity contribution < 1.29 is 9.53 Å². The fourth-order valence-electron chi connectivity index (χ4n) is 1.54. The molecule has 0 bridgehead atoms. The predicted molar refractivity (Wildman–Crippen MR) is 71.3 cm³/mol. The van der Waals surface area contributed by atoms with Gasteiger partial charge in [0, 0.05) is 6.20 Å². The Hall–Kier alpha value is -1.00. The molecule has 0 saturated carbocycles. The highest BCUT2D eigenvalue weighted by Gasteiger charge is 2.22. The predicted octanol–water partition coefficient (Wildman–Crippen LogP) is 3.06. The van der Waals surface area contributed by atoms with Gasteiger partial charge in [-0.15, -0.1) is 0 Å². The number of rotatable bonds is 5. The third kappa shape index (κ3) is 3.50. The number of pyridine rings is 1. The molecule has 4 nitrogen and oxygen atoms in total. The van der Waals surface area contributed by atoms with E-state index in [0.29, 0.717) is 18.1 Å². The molecule has 1 aromatic heterocycles. The van der Waals surface area contributed by atoms with Gasteiger partial charge in [-0.05, 0) is 18.9 Å². The van der Waals surface area contributed by atoms with Crippen molar-refractivity contribution in [2.45, 2.75) is 32.7 Å². The van der Waals surface area contributed by atoms with Crippen LogP contribution in [-0.4, -0.2) is 17.1 Å². The molecule has 18 heavy (non-hydrogen) atoms. The van der Waals surface area contributed by atoms with Crippen LogP contribution in [0, 0.1) is 0 Å². The molecule has 0 spiro atoms. The number of carbonyl (C=O) groups excluding carboxylic acids is 1. The lowest BCUT2D eigenvalue weighted by Gasteiger charge is -2.17. The van der Waals surface area contributed by atoms with Gasteiger partial charge in [-0.2, -0.15) is 0 Å². The summed E-state index contributed by atoms with van der Waals surface area (Å²) in [6.45, 7) is 4.02. The van der Waals surface area contributed by atoms with Gasteiger partial charge < -0.3 is 4.74 Å². The number of aromatic nitrogens is 1. The summed E-state index contributed by atoms with van der Waals surface area (Å²) < 4.78 is 6.27. The number of carbonyl (C=O) groups is 1. The molecule has 0 aromatic carbocycles. The Balaban J connectivity index is 3.09. The van der Waals surface area contributed by atoms with Gasteiger partial charge in [0.2, 0.25) is 0 Å². The smallest absolute Gasteiger partial charge is 0.329 e. The quantitative estimate of drug-likeness (QED) is 0.784. The summed E-state index contributed by atoms with van der Waals surface area (Å²) in [5, 5.41) is 0.297. The van der Waals surface area contributed by atoms with Gasteiger partial charge in [0.05, 0.1) is 11.6 Å². The Labute approximate surface area is 115 Å². The highest BCUT2D eigenvalue weighted by molar-refractivity contribution is 6.34. The second-order valence-corrected chi connectivity index (χ2v) is 4.65. The van der Waals surface area contributed by atoms with Crippen LogP contribution in [0.25, 0.3) is 0 Å². The van der Waals surface area contributed by atoms with Gasteiger partial charge in [0.15, 0.2) is 0 Å². The summed E-state index contributed by atoms with van der Waals surface area (Å²) >= 11 is 11.6. The zero-order valence-electron chi connectivity index (χ0n) is 10.3. The third-order valence-electron chi connectivity index (χ3n) is 2.41. The van der Waals surface area contributed by atoms with Crippen molar-refractivity contribution in [2.24, 2.45) is 0 Å². The number of hydrogen-bond donors (Lipinski definition) is 0. The van der Waals surface area contributed by atoms with Crippen LogP contribution in [0.5, 0.6) is 0 Å². The van der Waals surface area contributed by atoms with Crippen LogP contribution >= 0.6 is 23.2 Å². The van der Waals surface area contributed by atoms with Gasteiger partial charge in [-0.1, -0.05) is 37.0 Å². The van der Waals surface area contributed by atoms with E-state index in [2.05, 4.69) is 0 Å². The van der Waals surface area contributed by atoms with Crippen LogP contribution in [0.4, 0.5) is 0 Å². The second kappa shape index (κ2) is 6.81. The summed E-state index contributed by atoms with van der Waals surface area (Å²) in [6, 6.07) is 0.659. The molecule has 1 heterocycles. The lowest BCUT2D eigenvalue weighted by atomic mass is 10.2. The Morgan fingerprint density at radius 3 is 2.67 bits per heavy atom. The van der Waals surface area contributed by atoms with E-state index >= 15 is 0 Å². The molecule has 0 N–H and O–H groups in total. The molecule has 1 unspecified atom stereocenters. The fourth-order valence-corrected chi connectivity index (χ4v) is 2.03. The van der Waals surface area contributed by atoms with Crippen LogP contribution in [0.3, 0.4) is 0 Å². The maximum Gasteiger partial charge on any atom is 0.329 e. The van der Waals surface area contributed by atoms with Gasteiger partial charge in [-0.25, -0.2) is 4.79 Å². The Bertz CT molecular complexity index is 485. The zero-order chi connectivity index (χ0) is 13.7. The van der Waals surface area contributed by atoms with E-state index in [1.807, 2.05) is 6.92 Å². The third-order valence-corrected chi connectivity index (χ3v) is 2.89. The van der Waals surface area contributed by atoms with Crippen molar-refractivity contribution in [1.82, 2.24) is 4.57 Å². The van der Waals surface area contributed by atoms with E-state index in [0.717, 1.165) is 6.42 Å². The monoisotopic (exact) mass is 291 g/mol. The number of halogens is 2. The molecule has 1 rings (SSSR count). The van der Waals surface area contributed by atoms with Crippen LogP contribution in [0.15, 0.2) is 17.1 Å². The molecule has 1 aromatic rings. The number of nitrogens with zero attached hydrogens (tertiary/aromatic N) is 1. The van der Waals surface area contributed by atoms with E-state index in [-0.39, 0.29) is 5.02 Å². The first kappa shape index (κ1) is 15.1. The topological polar surface area (TPSA) is 48.3 Å². The molecule has 0 fully saturated rings. The summed E-state index contributed by atoms with van der Waals surface area (Å²) in [5.41, 5.74) is -0.443. The normalized spacial score (nSPS) is 12.2. The zero-order valence-corrected chi connectivity index (χ0v) is 11.8. The molecule has 0 radical (unpaired) electrons. The minimum Gasteiger partial charge on any atom is -0.464 e. The van der Waals surface area contributed by atoms with E-state index in [1.54, 1.807) is 6.92 Å². The first-order valence-electron chi connectivity index (χ1n) is 5.75. The van der Waals surface area contributed by atoms with Crippen molar-refractivity contribution in [3.63, 3.8) is 0 Å².